The van der Waals surface area contributed by atoms with Crippen molar-refractivity contribution in [2.45, 2.75) is 39.7 Å². The molecule has 0 bridgehead atoms. The van der Waals surface area contributed by atoms with Gasteiger partial charge in [0.25, 0.3) is 6.47 Å². The number of nitrogens with zero attached hydrogens (tertiary/aromatic N) is 1. The molecule has 0 aromatic heterocycles. The van der Waals surface area contributed by atoms with Crippen LogP contribution in [0.5, 0.6) is 5.75 Å². The van der Waals surface area contributed by atoms with Crippen LogP contribution in [0.25, 0.3) is 0 Å². The van der Waals surface area contributed by atoms with Gasteiger partial charge in [-0.1, -0.05) is 56.3 Å². The number of hydrogen-bond donors (Lipinski definition) is 0. The van der Waals surface area contributed by atoms with Crippen molar-refractivity contribution in [1.82, 2.24) is 4.90 Å². The minimum Gasteiger partial charge on any atom is -0.489 e. The van der Waals surface area contributed by atoms with Gasteiger partial charge < -0.3 is 14.4 Å². The number of amides is 1. The monoisotopic (exact) mass is 399 g/mol. The van der Waals surface area contributed by atoms with Gasteiger partial charge in [0.2, 0.25) is 5.91 Å². The zero-order chi connectivity index (χ0) is 21.6. The summed E-state index contributed by atoms with van der Waals surface area (Å²) in [5.41, 5.74) is 2.36. The Balaban J connectivity index is 0.000000627. The van der Waals surface area contributed by atoms with Crippen molar-refractivity contribution in [1.29, 1.82) is 0 Å². The summed E-state index contributed by atoms with van der Waals surface area (Å²) >= 11 is 0. The Morgan fingerprint density at radius 3 is 2.38 bits per heavy atom. The van der Waals surface area contributed by atoms with E-state index in [2.05, 4.69) is 29.0 Å². The van der Waals surface area contributed by atoms with E-state index in [-0.39, 0.29) is 11.8 Å². The first-order chi connectivity index (χ1) is 14.1. The molecule has 1 saturated carbocycles. The molecule has 0 saturated heterocycles. The number of ether oxygens (including phenoxy) is 2. The topological polar surface area (TPSA) is 55.8 Å². The van der Waals surface area contributed by atoms with Gasteiger partial charge >= 0.3 is 0 Å². The van der Waals surface area contributed by atoms with Gasteiger partial charge in [-0.15, -0.1) is 0 Å². The number of benzene rings is 2. The molecule has 29 heavy (non-hydrogen) atoms. The Morgan fingerprint density at radius 1 is 1.14 bits per heavy atom. The van der Waals surface area contributed by atoms with Gasteiger partial charge in [0.15, 0.2) is 0 Å². The third-order valence-corrected chi connectivity index (χ3v) is 4.59. The second-order valence-corrected chi connectivity index (χ2v) is 6.48. The smallest absolute Gasteiger partial charge is 0.292 e. The van der Waals surface area contributed by atoms with Crippen molar-refractivity contribution in [3.05, 3.63) is 65.7 Å². The van der Waals surface area contributed by atoms with Gasteiger partial charge in [-0.3, -0.25) is 9.59 Å². The largest absolute Gasteiger partial charge is 0.489 e. The first-order valence-corrected chi connectivity index (χ1v) is 10.1. The second-order valence-electron chi connectivity index (χ2n) is 6.48. The normalized spacial score (nSPS) is 16.2. The lowest BCUT2D eigenvalue weighted by Crippen LogP contribution is -2.28. The highest BCUT2D eigenvalue weighted by atomic mass is 16.5. The van der Waals surface area contributed by atoms with Crippen LogP contribution in [-0.4, -0.2) is 38.0 Å². The Kier molecular flexibility index (Phi) is 11.2. The van der Waals surface area contributed by atoms with Crippen molar-refractivity contribution < 1.29 is 19.1 Å². The Morgan fingerprint density at radius 2 is 1.79 bits per heavy atom. The van der Waals surface area contributed by atoms with Crippen LogP contribution in [0.4, 0.5) is 0 Å². The van der Waals surface area contributed by atoms with E-state index in [0.29, 0.717) is 19.0 Å². The number of carbonyl (C=O) groups excluding carboxylic acids is 2. The van der Waals surface area contributed by atoms with Crippen LogP contribution in [-0.2, 0) is 20.9 Å². The lowest BCUT2D eigenvalue weighted by Gasteiger charge is -2.14. The lowest BCUT2D eigenvalue weighted by atomic mass is 10.1. The van der Waals surface area contributed by atoms with Gasteiger partial charge in [0, 0.05) is 19.5 Å². The Hall–Kier alpha value is -2.82. The molecular formula is C24H33NO4. The molecule has 0 N–H and O–H groups in total. The number of methoxy groups -OCH3 is 1. The highest BCUT2D eigenvalue weighted by Crippen LogP contribution is 2.48. The van der Waals surface area contributed by atoms with Crippen LogP contribution < -0.4 is 4.74 Å². The SMILES string of the molecule is CC.CCN(C)C(=O)C1CC1c1cccc(OCc2ccccc2)c1.COC=O. The molecule has 0 heterocycles. The molecule has 1 fully saturated rings. The van der Waals surface area contributed by atoms with Crippen LogP contribution >= 0.6 is 0 Å². The maximum absolute atomic E-state index is 12.2. The summed E-state index contributed by atoms with van der Waals surface area (Å²) in [5, 5.41) is 0. The van der Waals surface area contributed by atoms with E-state index < -0.39 is 0 Å². The zero-order valence-electron chi connectivity index (χ0n) is 18.1. The molecule has 5 heteroatoms. The van der Waals surface area contributed by atoms with E-state index >= 15 is 0 Å². The fourth-order valence-corrected chi connectivity index (χ4v) is 2.85. The van der Waals surface area contributed by atoms with Crippen LogP contribution in [0.3, 0.4) is 0 Å². The number of hydrogen-bond acceptors (Lipinski definition) is 4. The van der Waals surface area contributed by atoms with E-state index in [9.17, 15) is 4.79 Å². The second kappa shape index (κ2) is 13.4. The average Bonchev–Trinajstić information content (AvgIpc) is 3.60. The predicted molar refractivity (Wildman–Crippen MR) is 116 cm³/mol. The van der Waals surface area contributed by atoms with Gasteiger partial charge in [-0.05, 0) is 42.5 Å². The minimum absolute atomic E-state index is 0.143. The summed E-state index contributed by atoms with van der Waals surface area (Å²) in [4.78, 5) is 23.0. The first-order valence-electron chi connectivity index (χ1n) is 10.1. The third-order valence-electron chi connectivity index (χ3n) is 4.59. The summed E-state index contributed by atoms with van der Waals surface area (Å²) in [7, 11) is 3.18. The van der Waals surface area contributed by atoms with E-state index in [1.54, 1.807) is 4.90 Å². The van der Waals surface area contributed by atoms with Gasteiger partial charge in [-0.25, -0.2) is 0 Å². The zero-order valence-corrected chi connectivity index (χ0v) is 18.1. The highest BCUT2D eigenvalue weighted by molar-refractivity contribution is 5.82. The summed E-state index contributed by atoms with van der Waals surface area (Å²) in [5.74, 6) is 1.61. The van der Waals surface area contributed by atoms with E-state index in [0.717, 1.165) is 24.3 Å². The van der Waals surface area contributed by atoms with E-state index in [1.807, 2.05) is 58.2 Å². The molecular weight excluding hydrogens is 366 g/mol. The summed E-state index contributed by atoms with van der Waals surface area (Å²) in [6.07, 6.45) is 0.950. The quantitative estimate of drug-likeness (QED) is 0.635. The van der Waals surface area contributed by atoms with Crippen LogP contribution in [0.15, 0.2) is 54.6 Å². The molecule has 2 aromatic carbocycles. The van der Waals surface area contributed by atoms with Crippen molar-refractivity contribution in [2.24, 2.45) is 5.92 Å². The fourth-order valence-electron chi connectivity index (χ4n) is 2.85. The summed E-state index contributed by atoms with van der Waals surface area (Å²) in [6.45, 7) is 7.71. The molecule has 1 amide bonds. The predicted octanol–water partition coefficient (Wildman–Crippen LogP) is 4.66. The van der Waals surface area contributed by atoms with Gasteiger partial charge in [-0.2, -0.15) is 0 Å². The summed E-state index contributed by atoms with van der Waals surface area (Å²) < 4.78 is 9.74. The molecule has 0 spiro atoms. The van der Waals surface area contributed by atoms with Crippen LogP contribution in [0, 0.1) is 5.92 Å². The summed E-state index contributed by atoms with van der Waals surface area (Å²) in [6, 6.07) is 18.3. The average molecular weight is 400 g/mol. The van der Waals surface area contributed by atoms with E-state index in [1.165, 1.54) is 12.7 Å². The van der Waals surface area contributed by atoms with Crippen molar-refractivity contribution in [2.75, 3.05) is 20.7 Å². The standard InChI is InChI=1S/C20H23NO2.C2H4O2.C2H6/c1-3-21(2)20(22)19-13-18(19)16-10-7-11-17(12-16)23-14-15-8-5-4-6-9-15;1-4-2-3;1-2/h4-12,18-19H,3,13-14H2,1-2H3;2H,1H3;1-2H3. The molecule has 0 radical (unpaired) electrons. The molecule has 158 valence electrons. The highest BCUT2D eigenvalue weighted by Gasteiger charge is 2.44. The Labute approximate surface area is 174 Å². The fraction of sp³-hybridized carbons (Fsp3) is 0.417. The molecule has 5 nitrogen and oxygen atoms in total. The molecule has 3 rings (SSSR count). The van der Waals surface area contributed by atoms with Gasteiger partial charge in [0.05, 0.1) is 7.11 Å². The third kappa shape index (κ3) is 7.98. The Bertz CT molecular complexity index is 733. The maximum Gasteiger partial charge on any atom is 0.292 e. The van der Waals surface area contributed by atoms with Crippen LogP contribution in [0.1, 0.15) is 44.2 Å². The maximum atomic E-state index is 12.2. The number of rotatable bonds is 7. The number of carbonyl (C=O) groups is 2. The van der Waals surface area contributed by atoms with Crippen molar-refractivity contribution >= 4 is 12.4 Å². The van der Waals surface area contributed by atoms with Crippen LogP contribution in [0.2, 0.25) is 0 Å². The molecule has 2 aromatic rings. The van der Waals surface area contributed by atoms with Gasteiger partial charge in [0.1, 0.15) is 12.4 Å². The van der Waals surface area contributed by atoms with E-state index in [4.69, 9.17) is 9.53 Å². The molecule has 0 aliphatic heterocycles. The van der Waals surface area contributed by atoms with Crippen molar-refractivity contribution in [3.8, 4) is 5.75 Å². The lowest BCUT2D eigenvalue weighted by molar-refractivity contribution is -0.131. The minimum atomic E-state index is 0.143. The molecule has 1 aliphatic carbocycles. The molecule has 2 unspecified atom stereocenters. The first kappa shape index (κ1) is 24.2. The van der Waals surface area contributed by atoms with Crippen molar-refractivity contribution in [3.63, 3.8) is 0 Å². The molecule has 1 aliphatic rings. The molecule has 2 atom stereocenters.